The maximum atomic E-state index is 12.5. The molecule has 0 aliphatic heterocycles. The highest BCUT2D eigenvalue weighted by Gasteiger charge is 2.12. The second kappa shape index (κ2) is 6.50. The maximum Gasteiger partial charge on any atom is 0.258 e. The third-order valence-corrected chi connectivity index (χ3v) is 3.30. The first kappa shape index (κ1) is 15.1. The Morgan fingerprint density at radius 2 is 1.87 bits per heavy atom. The summed E-state index contributed by atoms with van der Waals surface area (Å²) in [5.74, 6) is -0.222. The summed E-state index contributed by atoms with van der Waals surface area (Å²) < 4.78 is 0. The van der Waals surface area contributed by atoms with Crippen LogP contribution in [-0.2, 0) is 6.54 Å². The zero-order valence-electron chi connectivity index (χ0n) is 13.0. The van der Waals surface area contributed by atoms with Crippen LogP contribution in [-0.4, -0.2) is 39.9 Å². The molecule has 3 rings (SSSR count). The van der Waals surface area contributed by atoms with Crippen molar-refractivity contribution in [1.82, 2.24) is 19.9 Å². The molecule has 1 N–H and O–H groups in total. The molecule has 0 saturated carbocycles. The zero-order valence-corrected chi connectivity index (χ0v) is 13.0. The van der Waals surface area contributed by atoms with Crippen molar-refractivity contribution < 1.29 is 4.79 Å². The third-order valence-electron chi connectivity index (χ3n) is 3.30. The van der Waals surface area contributed by atoms with Gasteiger partial charge in [-0.1, -0.05) is 12.1 Å². The predicted octanol–water partition coefficient (Wildman–Crippen LogP) is 2.34. The lowest BCUT2D eigenvalue weighted by Gasteiger charge is -2.11. The Balaban J connectivity index is 1.86. The predicted molar refractivity (Wildman–Crippen MR) is 89.1 cm³/mol. The molecule has 0 saturated heterocycles. The fraction of sp³-hybridized carbons (Fsp3) is 0.176. The van der Waals surface area contributed by atoms with Crippen LogP contribution in [0.1, 0.15) is 15.9 Å². The summed E-state index contributed by atoms with van der Waals surface area (Å²) in [5, 5.41) is 2.91. The number of fused-ring (bicyclic) bond motifs is 1. The van der Waals surface area contributed by atoms with Gasteiger partial charge in [-0.15, -0.1) is 0 Å². The number of hydrogen-bond acceptors (Lipinski definition) is 5. The number of carbonyl (C=O) groups excluding carboxylic acids is 1. The lowest BCUT2D eigenvalue weighted by atomic mass is 10.1. The lowest BCUT2D eigenvalue weighted by molar-refractivity contribution is 0.102. The number of benzene rings is 1. The average molecular weight is 307 g/mol. The Hall–Kier alpha value is -2.86. The highest BCUT2D eigenvalue weighted by molar-refractivity contribution is 6.10. The lowest BCUT2D eigenvalue weighted by Crippen LogP contribution is -2.14. The van der Waals surface area contributed by atoms with Crippen LogP contribution in [0.5, 0.6) is 0 Å². The van der Waals surface area contributed by atoms with Crippen LogP contribution in [0.15, 0.2) is 48.9 Å². The molecule has 116 valence electrons. The van der Waals surface area contributed by atoms with E-state index in [4.69, 9.17) is 0 Å². The molecule has 6 nitrogen and oxygen atoms in total. The standard InChI is InChI=1S/C17H17N5O/c1-22(2)11-12-4-3-5-13(10-12)21-17(23)14-6-7-19-16-15(14)18-8-9-20-16/h3-10H,11H2,1-2H3,(H,21,23). The molecule has 0 atom stereocenters. The molecule has 0 unspecified atom stereocenters. The van der Waals surface area contributed by atoms with Crippen molar-refractivity contribution in [3.05, 3.63) is 60.0 Å². The topological polar surface area (TPSA) is 71.0 Å². The Kier molecular flexibility index (Phi) is 4.25. The molecule has 0 aliphatic rings. The van der Waals surface area contributed by atoms with Gasteiger partial charge in [0.2, 0.25) is 0 Å². The van der Waals surface area contributed by atoms with Crippen LogP contribution in [0.3, 0.4) is 0 Å². The Morgan fingerprint density at radius 1 is 1.09 bits per heavy atom. The van der Waals surface area contributed by atoms with Crippen LogP contribution >= 0.6 is 0 Å². The second-order valence-electron chi connectivity index (χ2n) is 5.48. The van der Waals surface area contributed by atoms with Gasteiger partial charge in [-0.25, -0.2) is 9.97 Å². The van der Waals surface area contributed by atoms with Crippen molar-refractivity contribution in [1.29, 1.82) is 0 Å². The summed E-state index contributed by atoms with van der Waals surface area (Å²) in [7, 11) is 4.01. The summed E-state index contributed by atoms with van der Waals surface area (Å²) in [5.41, 5.74) is 3.30. The van der Waals surface area contributed by atoms with E-state index in [1.165, 1.54) is 0 Å². The SMILES string of the molecule is CN(C)Cc1cccc(NC(=O)c2ccnc3nccnc23)c1. The number of aromatic nitrogens is 3. The van der Waals surface area contributed by atoms with Crippen molar-refractivity contribution in [2.75, 3.05) is 19.4 Å². The fourth-order valence-electron chi connectivity index (χ4n) is 2.37. The largest absolute Gasteiger partial charge is 0.322 e. The number of nitrogens with one attached hydrogen (secondary N) is 1. The van der Waals surface area contributed by atoms with E-state index in [2.05, 4.69) is 25.2 Å². The second-order valence-corrected chi connectivity index (χ2v) is 5.48. The molecule has 2 aromatic heterocycles. The first-order chi connectivity index (χ1) is 11.1. The number of carbonyl (C=O) groups is 1. The van der Waals surface area contributed by atoms with E-state index in [1.807, 2.05) is 38.4 Å². The molecule has 3 aromatic rings. The van der Waals surface area contributed by atoms with Crippen LogP contribution in [0, 0.1) is 0 Å². The first-order valence-corrected chi connectivity index (χ1v) is 7.24. The summed E-state index contributed by atoms with van der Waals surface area (Å²) in [6.45, 7) is 0.813. The van der Waals surface area contributed by atoms with Gasteiger partial charge in [0.15, 0.2) is 5.65 Å². The number of pyridine rings is 1. The number of hydrogen-bond donors (Lipinski definition) is 1. The van der Waals surface area contributed by atoms with Gasteiger partial charge in [0.1, 0.15) is 5.52 Å². The summed E-state index contributed by atoms with van der Waals surface area (Å²) >= 11 is 0. The van der Waals surface area contributed by atoms with Gasteiger partial charge in [0, 0.05) is 30.8 Å². The van der Waals surface area contributed by atoms with E-state index < -0.39 is 0 Å². The third kappa shape index (κ3) is 3.49. The molecule has 0 spiro atoms. The molecule has 1 amide bonds. The molecule has 0 radical (unpaired) electrons. The van der Waals surface area contributed by atoms with Crippen LogP contribution < -0.4 is 5.32 Å². The van der Waals surface area contributed by atoms with Gasteiger partial charge in [-0.2, -0.15) is 0 Å². The Morgan fingerprint density at radius 3 is 2.70 bits per heavy atom. The average Bonchev–Trinajstić information content (AvgIpc) is 2.54. The molecule has 23 heavy (non-hydrogen) atoms. The normalized spacial score (nSPS) is 10.9. The summed E-state index contributed by atoms with van der Waals surface area (Å²) in [6.07, 6.45) is 4.68. The summed E-state index contributed by atoms with van der Waals surface area (Å²) in [6, 6.07) is 9.44. The first-order valence-electron chi connectivity index (χ1n) is 7.24. The zero-order chi connectivity index (χ0) is 16.2. The van der Waals surface area contributed by atoms with Gasteiger partial charge in [-0.3, -0.25) is 9.78 Å². The number of nitrogens with zero attached hydrogens (tertiary/aromatic N) is 4. The van der Waals surface area contributed by atoms with Gasteiger partial charge < -0.3 is 10.2 Å². The molecule has 2 heterocycles. The minimum Gasteiger partial charge on any atom is -0.322 e. The van der Waals surface area contributed by atoms with Crippen molar-refractivity contribution >= 4 is 22.8 Å². The smallest absolute Gasteiger partial charge is 0.258 e. The number of rotatable bonds is 4. The highest BCUT2D eigenvalue weighted by Crippen LogP contribution is 2.16. The van der Waals surface area contributed by atoms with Crippen molar-refractivity contribution in [2.24, 2.45) is 0 Å². The van der Waals surface area contributed by atoms with Crippen LogP contribution in [0.2, 0.25) is 0 Å². The highest BCUT2D eigenvalue weighted by atomic mass is 16.1. The Bertz CT molecular complexity index is 842. The Labute approximate surface area is 134 Å². The number of anilines is 1. The molecular weight excluding hydrogens is 290 g/mol. The van der Waals surface area contributed by atoms with E-state index in [0.29, 0.717) is 16.7 Å². The van der Waals surface area contributed by atoms with Gasteiger partial charge in [0.25, 0.3) is 5.91 Å². The minimum absolute atomic E-state index is 0.222. The van der Waals surface area contributed by atoms with E-state index in [1.54, 1.807) is 24.7 Å². The van der Waals surface area contributed by atoms with Crippen molar-refractivity contribution in [2.45, 2.75) is 6.54 Å². The molecule has 0 aliphatic carbocycles. The maximum absolute atomic E-state index is 12.5. The molecule has 6 heteroatoms. The van der Waals surface area contributed by atoms with E-state index in [-0.39, 0.29) is 5.91 Å². The van der Waals surface area contributed by atoms with E-state index in [9.17, 15) is 4.79 Å². The monoisotopic (exact) mass is 307 g/mol. The van der Waals surface area contributed by atoms with Gasteiger partial charge >= 0.3 is 0 Å². The number of amides is 1. The summed E-state index contributed by atoms with van der Waals surface area (Å²) in [4.78, 5) is 27.1. The molecule has 0 fully saturated rings. The van der Waals surface area contributed by atoms with Gasteiger partial charge in [0.05, 0.1) is 5.56 Å². The van der Waals surface area contributed by atoms with Gasteiger partial charge in [-0.05, 0) is 37.9 Å². The van der Waals surface area contributed by atoms with E-state index >= 15 is 0 Å². The molecule has 1 aromatic carbocycles. The molecule has 0 bridgehead atoms. The van der Waals surface area contributed by atoms with Crippen molar-refractivity contribution in [3.63, 3.8) is 0 Å². The fourth-order valence-corrected chi connectivity index (χ4v) is 2.37. The molecular formula is C17H17N5O. The van der Waals surface area contributed by atoms with E-state index in [0.717, 1.165) is 17.8 Å². The van der Waals surface area contributed by atoms with Crippen LogP contribution in [0.4, 0.5) is 5.69 Å². The van der Waals surface area contributed by atoms with Crippen LogP contribution in [0.25, 0.3) is 11.2 Å². The van der Waals surface area contributed by atoms with Crippen molar-refractivity contribution in [3.8, 4) is 0 Å². The quantitative estimate of drug-likeness (QED) is 0.801. The minimum atomic E-state index is -0.222.